The quantitative estimate of drug-likeness (QED) is 0.660. The molecule has 0 fully saturated rings. The standard InChI is InChI=1S/C17H15ClF3NO5S/c18-14-8-16-15(26-10-27-16)7-12(14)9-25-5-4-11-2-1-3-13(6-11)22-28(23,24)17(19,20)21/h1-3,6-8,22H,4-5,9-10H2. The molecule has 0 saturated heterocycles. The Morgan fingerprint density at radius 2 is 1.86 bits per heavy atom. The van der Waals surface area contributed by atoms with Gasteiger partial charge in [-0.3, -0.25) is 4.72 Å². The third-order valence-electron chi connectivity index (χ3n) is 3.82. The van der Waals surface area contributed by atoms with Crippen molar-refractivity contribution in [2.45, 2.75) is 18.5 Å². The number of sulfonamides is 1. The molecule has 0 radical (unpaired) electrons. The van der Waals surface area contributed by atoms with E-state index in [1.54, 1.807) is 18.2 Å². The third-order valence-corrected chi connectivity index (χ3v) is 5.28. The smallest absolute Gasteiger partial charge is 0.454 e. The van der Waals surface area contributed by atoms with E-state index in [2.05, 4.69) is 0 Å². The van der Waals surface area contributed by atoms with Gasteiger partial charge in [0.2, 0.25) is 6.79 Å². The molecule has 0 aliphatic carbocycles. The first-order valence-corrected chi connectivity index (χ1v) is 9.85. The van der Waals surface area contributed by atoms with Crippen LogP contribution in [0.4, 0.5) is 18.9 Å². The van der Waals surface area contributed by atoms with Crippen LogP contribution in [0, 0.1) is 0 Å². The summed E-state index contributed by atoms with van der Waals surface area (Å²) < 4.78 is 77.2. The second-order valence-corrected chi connectivity index (χ2v) is 7.93. The van der Waals surface area contributed by atoms with Gasteiger partial charge in [-0.05, 0) is 30.2 Å². The van der Waals surface area contributed by atoms with Gasteiger partial charge in [0.1, 0.15) is 0 Å². The third kappa shape index (κ3) is 4.81. The van der Waals surface area contributed by atoms with Crippen molar-refractivity contribution >= 4 is 27.3 Å². The molecule has 1 N–H and O–H groups in total. The van der Waals surface area contributed by atoms with E-state index in [0.717, 1.165) is 0 Å². The van der Waals surface area contributed by atoms with Gasteiger partial charge in [-0.2, -0.15) is 21.6 Å². The Morgan fingerprint density at radius 3 is 2.57 bits per heavy atom. The summed E-state index contributed by atoms with van der Waals surface area (Å²) in [6.45, 7) is 0.584. The summed E-state index contributed by atoms with van der Waals surface area (Å²) in [4.78, 5) is 0. The molecule has 0 aromatic heterocycles. The largest absolute Gasteiger partial charge is 0.516 e. The fourth-order valence-electron chi connectivity index (χ4n) is 2.45. The number of halogens is 4. The molecule has 2 aromatic carbocycles. The average molecular weight is 438 g/mol. The van der Waals surface area contributed by atoms with Gasteiger partial charge >= 0.3 is 15.5 Å². The molecule has 0 bridgehead atoms. The molecule has 3 rings (SSSR count). The Kier molecular flexibility index (Phi) is 5.92. The Morgan fingerprint density at radius 1 is 1.14 bits per heavy atom. The van der Waals surface area contributed by atoms with Gasteiger partial charge in [0.05, 0.1) is 18.2 Å². The lowest BCUT2D eigenvalue weighted by Gasteiger charge is -2.12. The van der Waals surface area contributed by atoms with Gasteiger partial charge in [0.15, 0.2) is 11.5 Å². The van der Waals surface area contributed by atoms with Crippen molar-refractivity contribution in [2.75, 3.05) is 18.1 Å². The maximum atomic E-state index is 12.4. The lowest BCUT2D eigenvalue weighted by Crippen LogP contribution is -2.29. The molecular formula is C17H15ClF3NO5S. The highest BCUT2D eigenvalue weighted by Crippen LogP contribution is 2.37. The summed E-state index contributed by atoms with van der Waals surface area (Å²) in [5.41, 5.74) is -4.24. The van der Waals surface area contributed by atoms with E-state index in [4.69, 9.17) is 25.8 Å². The van der Waals surface area contributed by atoms with E-state index < -0.39 is 15.5 Å². The van der Waals surface area contributed by atoms with Crippen LogP contribution in [0.5, 0.6) is 11.5 Å². The van der Waals surface area contributed by atoms with E-state index in [0.29, 0.717) is 34.1 Å². The van der Waals surface area contributed by atoms with Crippen molar-refractivity contribution in [3.8, 4) is 11.5 Å². The number of hydrogen-bond donors (Lipinski definition) is 1. The first-order chi connectivity index (χ1) is 13.2. The Bertz CT molecular complexity index is 966. The highest BCUT2D eigenvalue weighted by Gasteiger charge is 2.46. The van der Waals surface area contributed by atoms with Crippen molar-refractivity contribution in [1.29, 1.82) is 0 Å². The van der Waals surface area contributed by atoms with Gasteiger partial charge in [-0.25, -0.2) is 0 Å². The molecule has 6 nitrogen and oxygen atoms in total. The second-order valence-electron chi connectivity index (χ2n) is 5.85. The number of nitrogens with one attached hydrogen (secondary N) is 1. The molecule has 0 atom stereocenters. The number of ether oxygens (including phenoxy) is 3. The summed E-state index contributed by atoms with van der Waals surface area (Å²) >= 11 is 6.15. The Hall–Kier alpha value is -2.17. The topological polar surface area (TPSA) is 73.9 Å². The van der Waals surface area contributed by atoms with Crippen LogP contribution in [-0.2, 0) is 27.8 Å². The molecule has 11 heteroatoms. The van der Waals surface area contributed by atoms with Crippen molar-refractivity contribution in [3.63, 3.8) is 0 Å². The normalized spacial score (nSPS) is 13.6. The first-order valence-electron chi connectivity index (χ1n) is 7.99. The number of benzene rings is 2. The van der Waals surface area contributed by atoms with Gasteiger partial charge in [0, 0.05) is 17.3 Å². The zero-order valence-corrected chi connectivity index (χ0v) is 15.8. The Balaban J connectivity index is 1.55. The fraction of sp³-hybridized carbons (Fsp3) is 0.294. The molecule has 28 heavy (non-hydrogen) atoms. The number of alkyl halides is 3. The molecule has 0 unspecified atom stereocenters. The van der Waals surface area contributed by atoms with Crippen molar-refractivity contribution in [2.24, 2.45) is 0 Å². The number of hydrogen-bond acceptors (Lipinski definition) is 5. The van der Waals surface area contributed by atoms with Crippen LogP contribution in [0.3, 0.4) is 0 Å². The molecule has 152 valence electrons. The molecule has 0 spiro atoms. The SMILES string of the molecule is O=S(=O)(Nc1cccc(CCOCc2cc3c(cc2Cl)OCO3)c1)C(F)(F)F. The van der Waals surface area contributed by atoms with Crippen LogP contribution in [-0.4, -0.2) is 27.3 Å². The highest BCUT2D eigenvalue weighted by atomic mass is 35.5. The summed E-state index contributed by atoms with van der Waals surface area (Å²) in [6, 6.07) is 9.02. The van der Waals surface area contributed by atoms with Crippen LogP contribution in [0.1, 0.15) is 11.1 Å². The zero-order chi connectivity index (χ0) is 20.4. The van der Waals surface area contributed by atoms with Crippen molar-refractivity contribution < 1.29 is 35.8 Å². The number of anilines is 1. The lowest BCUT2D eigenvalue weighted by molar-refractivity contribution is -0.0429. The molecule has 0 amide bonds. The number of rotatable bonds is 7. The first kappa shape index (κ1) is 20.6. The summed E-state index contributed by atoms with van der Waals surface area (Å²) in [5.74, 6) is 1.14. The predicted octanol–water partition coefficient (Wildman–Crippen LogP) is 4.09. The fourth-order valence-corrected chi connectivity index (χ4v) is 3.21. The van der Waals surface area contributed by atoms with E-state index >= 15 is 0 Å². The summed E-state index contributed by atoms with van der Waals surface area (Å²) in [5, 5.41) is 0.466. The van der Waals surface area contributed by atoms with Crippen molar-refractivity contribution in [3.05, 3.63) is 52.5 Å². The second kappa shape index (κ2) is 8.06. The Labute approximate surface area is 164 Å². The number of fused-ring (bicyclic) bond motifs is 1. The van der Waals surface area contributed by atoms with Gasteiger partial charge in [-0.15, -0.1) is 0 Å². The van der Waals surface area contributed by atoms with E-state index in [-0.39, 0.29) is 25.7 Å². The molecule has 1 heterocycles. The van der Waals surface area contributed by atoms with Crippen LogP contribution in [0.15, 0.2) is 36.4 Å². The van der Waals surface area contributed by atoms with Crippen LogP contribution >= 0.6 is 11.6 Å². The highest BCUT2D eigenvalue weighted by molar-refractivity contribution is 7.93. The molecule has 2 aromatic rings. The van der Waals surface area contributed by atoms with Gasteiger partial charge < -0.3 is 14.2 Å². The minimum absolute atomic E-state index is 0.129. The van der Waals surface area contributed by atoms with Crippen LogP contribution in [0.25, 0.3) is 0 Å². The van der Waals surface area contributed by atoms with Crippen LogP contribution < -0.4 is 14.2 Å². The predicted molar refractivity (Wildman–Crippen MR) is 96.0 cm³/mol. The van der Waals surface area contributed by atoms with E-state index in [9.17, 15) is 21.6 Å². The van der Waals surface area contributed by atoms with Gasteiger partial charge in [0.25, 0.3) is 0 Å². The molecule has 0 saturated carbocycles. The molecular weight excluding hydrogens is 423 g/mol. The zero-order valence-electron chi connectivity index (χ0n) is 14.3. The lowest BCUT2D eigenvalue weighted by atomic mass is 10.1. The minimum atomic E-state index is -5.46. The minimum Gasteiger partial charge on any atom is -0.454 e. The summed E-state index contributed by atoms with van der Waals surface area (Å²) in [6.07, 6.45) is 0.365. The maximum Gasteiger partial charge on any atom is 0.516 e. The van der Waals surface area contributed by atoms with E-state index in [1.165, 1.54) is 22.9 Å². The molecule has 1 aliphatic heterocycles. The van der Waals surface area contributed by atoms with Gasteiger partial charge in [-0.1, -0.05) is 23.7 Å². The van der Waals surface area contributed by atoms with Crippen LogP contribution in [0.2, 0.25) is 5.02 Å². The monoisotopic (exact) mass is 437 g/mol. The summed E-state index contributed by atoms with van der Waals surface area (Å²) in [7, 11) is -5.46. The van der Waals surface area contributed by atoms with E-state index in [1.807, 2.05) is 0 Å². The average Bonchev–Trinajstić information content (AvgIpc) is 3.04. The van der Waals surface area contributed by atoms with Crippen molar-refractivity contribution in [1.82, 2.24) is 0 Å². The maximum absolute atomic E-state index is 12.4. The molecule has 1 aliphatic rings.